The van der Waals surface area contributed by atoms with Crippen LogP contribution in [-0.2, 0) is 22.0 Å². The Bertz CT molecular complexity index is 924. The summed E-state index contributed by atoms with van der Waals surface area (Å²) in [6.07, 6.45) is -0.226. The highest BCUT2D eigenvalue weighted by Crippen LogP contribution is 2.35. The molecule has 0 saturated carbocycles. The van der Waals surface area contributed by atoms with Gasteiger partial charge in [0.15, 0.2) is 0 Å². The Morgan fingerprint density at radius 2 is 0.933 bits per heavy atom. The molecule has 0 aliphatic rings. The first-order valence-corrected chi connectivity index (χ1v) is 12.3. The molecular formula is C18H22N2O8P2. The van der Waals surface area contributed by atoms with Gasteiger partial charge in [0.05, 0.1) is 12.3 Å². The van der Waals surface area contributed by atoms with Crippen LogP contribution in [0.4, 0.5) is 0 Å². The summed E-state index contributed by atoms with van der Waals surface area (Å²) in [5.74, 6) is 0. The Hall–Kier alpha value is -2.32. The largest absolute Gasteiger partial charge is 0.410 e. The maximum atomic E-state index is 11.0. The lowest BCUT2D eigenvalue weighted by Gasteiger charge is -2.10. The molecule has 0 aliphatic heterocycles. The van der Waals surface area contributed by atoms with Crippen LogP contribution in [-0.4, -0.2) is 53.7 Å². The van der Waals surface area contributed by atoms with Gasteiger partial charge < -0.3 is 30.0 Å². The number of hydrogen-bond donors (Lipinski definition) is 6. The van der Waals surface area contributed by atoms with Crippen LogP contribution in [0.15, 0.2) is 58.8 Å². The molecule has 12 heteroatoms. The van der Waals surface area contributed by atoms with Gasteiger partial charge in [0.1, 0.15) is 11.4 Å². The summed E-state index contributed by atoms with van der Waals surface area (Å²) in [5, 5.41) is 25.3. The van der Waals surface area contributed by atoms with Crippen molar-refractivity contribution in [1.29, 1.82) is 0 Å². The Kier molecular flexibility index (Phi) is 8.09. The van der Waals surface area contributed by atoms with Crippen molar-refractivity contribution in [2.75, 3.05) is 12.3 Å². The zero-order valence-corrected chi connectivity index (χ0v) is 17.5. The van der Waals surface area contributed by atoms with E-state index in [1.165, 1.54) is 0 Å². The van der Waals surface area contributed by atoms with Crippen LogP contribution in [0.2, 0.25) is 0 Å². The average molecular weight is 456 g/mol. The lowest BCUT2D eigenvalue weighted by Crippen LogP contribution is -2.17. The maximum absolute atomic E-state index is 11.0. The summed E-state index contributed by atoms with van der Waals surface area (Å²) in [7, 11) is -8.21. The molecule has 0 fully saturated rings. The third kappa shape index (κ3) is 7.50. The van der Waals surface area contributed by atoms with Crippen molar-refractivity contribution in [3.8, 4) is 0 Å². The first kappa shape index (κ1) is 24.0. The van der Waals surface area contributed by atoms with E-state index in [4.69, 9.17) is 19.6 Å². The predicted molar refractivity (Wildman–Crippen MR) is 111 cm³/mol. The summed E-state index contributed by atoms with van der Waals surface area (Å²) < 4.78 is 22.0. The molecule has 0 aromatic heterocycles. The fraction of sp³-hybridized carbons (Fsp3) is 0.222. The van der Waals surface area contributed by atoms with Crippen molar-refractivity contribution < 1.29 is 39.1 Å². The molecule has 0 aliphatic carbocycles. The molecule has 2 rings (SSSR count). The van der Waals surface area contributed by atoms with E-state index in [0.717, 1.165) is 0 Å². The first-order valence-electron chi connectivity index (χ1n) is 8.74. The minimum atomic E-state index is -4.11. The molecule has 0 radical (unpaired) electrons. The molecule has 10 nitrogen and oxygen atoms in total. The van der Waals surface area contributed by atoms with Crippen LogP contribution in [0.3, 0.4) is 0 Å². The second kappa shape index (κ2) is 10.1. The first-order chi connectivity index (χ1) is 14.0. The molecule has 30 heavy (non-hydrogen) atoms. The van der Waals surface area contributed by atoms with Gasteiger partial charge in [-0.15, -0.1) is 0 Å². The summed E-state index contributed by atoms with van der Waals surface area (Å²) in [6, 6.07) is 12.8. The normalized spacial score (nSPS) is 13.5. The van der Waals surface area contributed by atoms with Gasteiger partial charge in [-0.25, -0.2) is 0 Å². The molecule has 2 aromatic carbocycles. The molecule has 0 atom stereocenters. The Morgan fingerprint density at radius 3 is 1.17 bits per heavy atom. The number of oxime groups is 2. The van der Waals surface area contributed by atoms with Crippen LogP contribution >= 0.6 is 15.2 Å². The molecular weight excluding hydrogens is 434 g/mol. The van der Waals surface area contributed by atoms with Crippen molar-refractivity contribution in [3.05, 3.63) is 70.8 Å². The summed E-state index contributed by atoms with van der Waals surface area (Å²) in [6.45, 7) is 0. The SMILES string of the molecule is O=P(O)(O)CCc1ccc(C(=NO)/C(=N\O)c2ccc(CCP(=O)(O)O)cc2)cc1. The fourth-order valence-corrected chi connectivity index (χ4v) is 3.79. The highest BCUT2D eigenvalue weighted by molar-refractivity contribution is 7.52. The van der Waals surface area contributed by atoms with Gasteiger partial charge in [-0.1, -0.05) is 58.8 Å². The summed E-state index contributed by atoms with van der Waals surface area (Å²) >= 11 is 0. The van der Waals surface area contributed by atoms with Gasteiger partial charge in [0.2, 0.25) is 0 Å². The van der Waals surface area contributed by atoms with Crippen molar-refractivity contribution >= 4 is 26.6 Å². The highest BCUT2D eigenvalue weighted by Gasteiger charge is 2.18. The lowest BCUT2D eigenvalue weighted by atomic mass is 9.97. The number of rotatable bonds is 9. The van der Waals surface area contributed by atoms with E-state index in [1.807, 2.05) is 0 Å². The molecule has 6 N–H and O–H groups in total. The van der Waals surface area contributed by atoms with Gasteiger partial charge in [0, 0.05) is 11.1 Å². The van der Waals surface area contributed by atoms with Crippen LogP contribution in [0.1, 0.15) is 22.3 Å². The minimum absolute atomic E-state index is 0.0259. The summed E-state index contributed by atoms with van der Waals surface area (Å²) in [5.41, 5.74) is 2.13. The average Bonchev–Trinajstić information content (AvgIpc) is 2.69. The van der Waals surface area contributed by atoms with Crippen LogP contribution in [0.25, 0.3) is 0 Å². The van der Waals surface area contributed by atoms with Gasteiger partial charge in [-0.05, 0) is 24.0 Å². The van der Waals surface area contributed by atoms with E-state index in [-0.39, 0.29) is 36.6 Å². The zero-order chi connectivity index (χ0) is 22.4. The third-order valence-electron chi connectivity index (χ3n) is 4.26. The predicted octanol–water partition coefficient (Wildman–Crippen LogP) is 2.18. The van der Waals surface area contributed by atoms with Crippen molar-refractivity contribution in [2.45, 2.75) is 12.8 Å². The smallest absolute Gasteiger partial charge is 0.325 e. The number of hydrogen-bond acceptors (Lipinski definition) is 6. The maximum Gasteiger partial charge on any atom is 0.325 e. The molecule has 0 bridgehead atoms. The third-order valence-corrected chi connectivity index (χ3v) is 5.87. The number of nitrogens with zero attached hydrogens (tertiary/aromatic N) is 2. The van der Waals surface area contributed by atoms with Crippen LogP contribution in [0.5, 0.6) is 0 Å². The topological polar surface area (TPSA) is 180 Å². The molecule has 0 amide bonds. The Balaban J connectivity index is 2.18. The molecule has 0 spiro atoms. The van der Waals surface area contributed by atoms with E-state index in [9.17, 15) is 19.5 Å². The van der Waals surface area contributed by atoms with Crippen LogP contribution < -0.4 is 0 Å². The number of aryl methyl sites for hydroxylation is 2. The zero-order valence-electron chi connectivity index (χ0n) is 15.7. The minimum Gasteiger partial charge on any atom is -0.410 e. The Morgan fingerprint density at radius 1 is 0.633 bits per heavy atom. The van der Waals surface area contributed by atoms with E-state index in [1.54, 1.807) is 48.5 Å². The van der Waals surface area contributed by atoms with Crippen molar-refractivity contribution in [2.24, 2.45) is 10.3 Å². The molecule has 162 valence electrons. The number of benzene rings is 2. The van der Waals surface area contributed by atoms with Gasteiger partial charge in [-0.3, -0.25) is 9.13 Å². The second-order valence-corrected chi connectivity index (χ2v) is 10.1. The van der Waals surface area contributed by atoms with Gasteiger partial charge in [0.25, 0.3) is 0 Å². The standard InChI is InChI=1S/C18H22N2O8P2/c21-19-17(15-5-1-13(2-6-15)9-11-29(23,24)25)18(20-22)16-7-3-14(4-8-16)10-12-30(26,27)28/h1-8,21-22H,9-12H2,(H2,23,24,25)(H2,26,27,28)/b19-17-,20-18?. The second-order valence-electron chi connectivity index (χ2n) is 6.57. The van der Waals surface area contributed by atoms with Crippen molar-refractivity contribution in [3.63, 3.8) is 0 Å². The highest BCUT2D eigenvalue weighted by atomic mass is 31.2. The van der Waals surface area contributed by atoms with Gasteiger partial charge >= 0.3 is 15.2 Å². The van der Waals surface area contributed by atoms with E-state index >= 15 is 0 Å². The van der Waals surface area contributed by atoms with Crippen LogP contribution in [0, 0.1) is 0 Å². The molecule has 0 unspecified atom stereocenters. The quantitative estimate of drug-likeness (QED) is 0.144. The van der Waals surface area contributed by atoms with E-state index < -0.39 is 15.2 Å². The molecule has 0 saturated heterocycles. The van der Waals surface area contributed by atoms with Crippen molar-refractivity contribution in [1.82, 2.24) is 0 Å². The molecule has 2 aromatic rings. The Labute approximate surface area is 172 Å². The van der Waals surface area contributed by atoms with Gasteiger partial charge in [-0.2, -0.15) is 0 Å². The van der Waals surface area contributed by atoms with E-state index in [0.29, 0.717) is 22.3 Å². The monoisotopic (exact) mass is 456 g/mol. The fourth-order valence-electron chi connectivity index (χ4n) is 2.69. The molecule has 0 heterocycles. The lowest BCUT2D eigenvalue weighted by molar-refractivity contribution is 0.314. The summed E-state index contributed by atoms with van der Waals surface area (Å²) in [4.78, 5) is 35.8. The van der Waals surface area contributed by atoms with E-state index in [2.05, 4.69) is 10.3 Å².